The van der Waals surface area contributed by atoms with Crippen molar-refractivity contribution in [2.75, 3.05) is 0 Å². The molecule has 0 spiro atoms. The van der Waals surface area contributed by atoms with Crippen LogP contribution in [0.2, 0.25) is 5.02 Å². The minimum Gasteiger partial charge on any atom is -0.480 e. The second kappa shape index (κ2) is 5.94. The lowest BCUT2D eigenvalue weighted by Crippen LogP contribution is -2.56. The molecule has 116 valence electrons. The molecule has 0 saturated heterocycles. The molecule has 21 heavy (non-hydrogen) atoms. The third kappa shape index (κ3) is 3.56. The lowest BCUT2D eigenvalue weighted by molar-refractivity contribution is -0.146. The van der Waals surface area contributed by atoms with Crippen LogP contribution in [-0.2, 0) is 14.8 Å². The van der Waals surface area contributed by atoms with Crippen LogP contribution in [0.1, 0.15) is 32.6 Å². The monoisotopic (exact) mass is 331 g/mol. The number of benzene rings is 1. The summed E-state index contributed by atoms with van der Waals surface area (Å²) in [6.07, 6.45) is 2.21. The summed E-state index contributed by atoms with van der Waals surface area (Å²) in [5.41, 5.74) is -1.42. The molecule has 1 saturated carbocycles. The van der Waals surface area contributed by atoms with Gasteiger partial charge in [0.1, 0.15) is 5.54 Å². The van der Waals surface area contributed by atoms with Crippen molar-refractivity contribution in [2.45, 2.75) is 43.0 Å². The highest BCUT2D eigenvalue weighted by Crippen LogP contribution is 2.34. The van der Waals surface area contributed by atoms with Crippen LogP contribution in [0.25, 0.3) is 0 Å². The predicted molar refractivity (Wildman–Crippen MR) is 79.8 cm³/mol. The van der Waals surface area contributed by atoms with Gasteiger partial charge < -0.3 is 5.11 Å². The van der Waals surface area contributed by atoms with Crippen LogP contribution < -0.4 is 4.72 Å². The van der Waals surface area contributed by atoms with Crippen molar-refractivity contribution in [1.29, 1.82) is 0 Å². The van der Waals surface area contributed by atoms with Gasteiger partial charge in [0.25, 0.3) is 0 Å². The third-order valence-corrected chi connectivity index (χ3v) is 5.66. The maximum Gasteiger partial charge on any atom is 0.324 e. The summed E-state index contributed by atoms with van der Waals surface area (Å²) in [6.45, 7) is 1.94. The number of rotatable bonds is 4. The minimum atomic E-state index is -3.89. The summed E-state index contributed by atoms with van der Waals surface area (Å²) in [4.78, 5) is 11.7. The van der Waals surface area contributed by atoms with E-state index in [0.29, 0.717) is 24.3 Å². The maximum atomic E-state index is 12.4. The van der Waals surface area contributed by atoms with E-state index in [-0.39, 0.29) is 10.8 Å². The fourth-order valence-corrected chi connectivity index (χ4v) is 4.34. The van der Waals surface area contributed by atoms with E-state index >= 15 is 0 Å². The second-order valence-corrected chi connectivity index (χ2v) is 7.77. The Hall–Kier alpha value is -1.11. The highest BCUT2D eigenvalue weighted by Gasteiger charge is 2.45. The number of halogens is 1. The number of hydrogen-bond donors (Lipinski definition) is 2. The Morgan fingerprint density at radius 1 is 1.38 bits per heavy atom. The van der Waals surface area contributed by atoms with E-state index in [1.807, 2.05) is 6.92 Å². The van der Waals surface area contributed by atoms with Gasteiger partial charge in [-0.15, -0.1) is 0 Å². The van der Waals surface area contributed by atoms with Crippen molar-refractivity contribution in [2.24, 2.45) is 5.92 Å². The quantitative estimate of drug-likeness (QED) is 0.888. The molecule has 2 atom stereocenters. The van der Waals surface area contributed by atoms with Crippen LogP contribution in [0.5, 0.6) is 0 Å². The lowest BCUT2D eigenvalue weighted by Gasteiger charge is -2.36. The van der Waals surface area contributed by atoms with E-state index in [0.717, 1.165) is 6.42 Å². The fraction of sp³-hybridized carbons (Fsp3) is 0.500. The zero-order valence-electron chi connectivity index (χ0n) is 11.7. The fourth-order valence-electron chi connectivity index (χ4n) is 2.81. The normalized spacial score (nSPS) is 26.5. The van der Waals surface area contributed by atoms with Crippen LogP contribution in [-0.4, -0.2) is 25.0 Å². The molecular formula is C14H18ClNO4S. The van der Waals surface area contributed by atoms with E-state index in [2.05, 4.69) is 4.72 Å². The number of sulfonamides is 1. The molecule has 1 aromatic rings. The topological polar surface area (TPSA) is 83.5 Å². The molecule has 0 amide bonds. The molecule has 1 fully saturated rings. The summed E-state index contributed by atoms with van der Waals surface area (Å²) in [5.74, 6) is -0.950. The predicted octanol–water partition coefficient (Wildman–Crippen LogP) is 2.65. The van der Waals surface area contributed by atoms with Gasteiger partial charge in [-0.1, -0.05) is 31.4 Å². The lowest BCUT2D eigenvalue weighted by atomic mass is 9.77. The summed E-state index contributed by atoms with van der Waals surface area (Å²) in [7, 11) is -3.89. The van der Waals surface area contributed by atoms with E-state index in [9.17, 15) is 18.3 Å². The Bertz CT molecular complexity index is 629. The van der Waals surface area contributed by atoms with Crippen molar-refractivity contribution in [3.63, 3.8) is 0 Å². The number of aliphatic carboxylic acids is 1. The van der Waals surface area contributed by atoms with Gasteiger partial charge in [-0.3, -0.25) is 4.79 Å². The van der Waals surface area contributed by atoms with Gasteiger partial charge in [0.2, 0.25) is 10.0 Å². The van der Waals surface area contributed by atoms with Gasteiger partial charge in [0.15, 0.2) is 0 Å². The van der Waals surface area contributed by atoms with Gasteiger partial charge >= 0.3 is 5.97 Å². The zero-order valence-corrected chi connectivity index (χ0v) is 13.2. The number of hydrogen-bond acceptors (Lipinski definition) is 3. The molecule has 5 nitrogen and oxygen atoms in total. The molecule has 2 rings (SSSR count). The number of carboxylic acid groups (broad SMARTS) is 1. The van der Waals surface area contributed by atoms with E-state index in [4.69, 9.17) is 11.6 Å². The minimum absolute atomic E-state index is 0.0192. The first kappa shape index (κ1) is 16.3. The average molecular weight is 332 g/mol. The second-order valence-electron chi connectivity index (χ2n) is 5.65. The van der Waals surface area contributed by atoms with Crippen molar-refractivity contribution in [1.82, 2.24) is 4.72 Å². The summed E-state index contributed by atoms with van der Waals surface area (Å²) in [5, 5.41) is 9.94. The summed E-state index contributed by atoms with van der Waals surface area (Å²) in [6, 6.07) is 5.67. The summed E-state index contributed by atoms with van der Waals surface area (Å²) < 4.78 is 27.2. The molecule has 1 aliphatic rings. The van der Waals surface area contributed by atoms with Gasteiger partial charge in [-0.05, 0) is 43.0 Å². The van der Waals surface area contributed by atoms with Crippen molar-refractivity contribution < 1.29 is 18.3 Å². The largest absolute Gasteiger partial charge is 0.480 e. The van der Waals surface area contributed by atoms with Gasteiger partial charge in [-0.25, -0.2) is 8.42 Å². The maximum absolute atomic E-state index is 12.4. The van der Waals surface area contributed by atoms with Gasteiger partial charge in [-0.2, -0.15) is 4.72 Å². The van der Waals surface area contributed by atoms with E-state index in [1.54, 1.807) is 0 Å². The third-order valence-electron chi connectivity index (χ3n) is 3.86. The first-order chi connectivity index (χ1) is 9.75. The Morgan fingerprint density at radius 2 is 2.00 bits per heavy atom. The molecule has 0 aliphatic heterocycles. The Kier molecular flexibility index (Phi) is 4.60. The summed E-state index contributed by atoms with van der Waals surface area (Å²) >= 11 is 5.74. The standard InChI is InChI=1S/C14H18ClNO4S/c1-10-3-2-8-14(9-10,13(17)18)16-21(19,20)12-6-4-11(15)5-7-12/h4-7,10,16H,2-3,8-9H2,1H3,(H,17,18). The number of nitrogens with one attached hydrogen (secondary N) is 1. The van der Waals surface area contributed by atoms with Crippen LogP contribution in [0.4, 0.5) is 0 Å². The highest BCUT2D eigenvalue weighted by molar-refractivity contribution is 7.89. The molecule has 0 radical (unpaired) electrons. The van der Waals surface area contributed by atoms with Crippen molar-refractivity contribution >= 4 is 27.6 Å². The molecule has 0 heterocycles. The molecule has 7 heteroatoms. The molecule has 0 aromatic heterocycles. The van der Waals surface area contributed by atoms with Crippen LogP contribution in [0.3, 0.4) is 0 Å². The van der Waals surface area contributed by atoms with Crippen molar-refractivity contribution in [3.05, 3.63) is 29.3 Å². The van der Waals surface area contributed by atoms with Crippen LogP contribution in [0, 0.1) is 5.92 Å². The van der Waals surface area contributed by atoms with E-state index < -0.39 is 21.5 Å². The Balaban J connectivity index is 2.32. The molecule has 0 bridgehead atoms. The average Bonchev–Trinajstić information content (AvgIpc) is 2.38. The van der Waals surface area contributed by atoms with Crippen molar-refractivity contribution in [3.8, 4) is 0 Å². The van der Waals surface area contributed by atoms with Gasteiger partial charge in [0.05, 0.1) is 4.90 Å². The van der Waals surface area contributed by atoms with Crippen LogP contribution >= 0.6 is 11.6 Å². The number of carbonyl (C=O) groups is 1. The van der Waals surface area contributed by atoms with Crippen LogP contribution in [0.15, 0.2) is 29.2 Å². The molecular weight excluding hydrogens is 314 g/mol. The first-order valence-electron chi connectivity index (χ1n) is 6.78. The molecule has 2 unspecified atom stereocenters. The molecule has 1 aliphatic carbocycles. The Labute approximate surface area is 129 Å². The number of carboxylic acids is 1. The molecule has 1 aromatic carbocycles. The van der Waals surface area contributed by atoms with Gasteiger partial charge in [0, 0.05) is 5.02 Å². The SMILES string of the molecule is CC1CCCC(NS(=O)(=O)c2ccc(Cl)cc2)(C(=O)O)C1. The molecule has 2 N–H and O–H groups in total. The first-order valence-corrected chi connectivity index (χ1v) is 8.64. The van der Waals surface area contributed by atoms with E-state index in [1.165, 1.54) is 24.3 Å². The smallest absolute Gasteiger partial charge is 0.324 e. The highest BCUT2D eigenvalue weighted by atomic mass is 35.5. The zero-order chi connectivity index (χ0) is 15.7. The Morgan fingerprint density at radius 3 is 2.52 bits per heavy atom.